The van der Waals surface area contributed by atoms with Crippen molar-refractivity contribution >= 4 is 17.5 Å². The van der Waals surface area contributed by atoms with Crippen molar-refractivity contribution in [3.05, 3.63) is 34.9 Å². The largest absolute Gasteiger partial charge is 0.339 e. The molecule has 2 fully saturated rings. The summed E-state index contributed by atoms with van der Waals surface area (Å²) in [4.78, 5) is 14.8. The van der Waals surface area contributed by atoms with Crippen molar-refractivity contribution in [1.82, 2.24) is 10.2 Å². The Balaban J connectivity index is 1.60. The van der Waals surface area contributed by atoms with E-state index in [0.29, 0.717) is 17.9 Å². The van der Waals surface area contributed by atoms with E-state index in [4.69, 9.17) is 11.6 Å². The number of amides is 1. The molecule has 120 valence electrons. The van der Waals surface area contributed by atoms with Gasteiger partial charge in [0.25, 0.3) is 0 Å². The van der Waals surface area contributed by atoms with Crippen LogP contribution in [0.2, 0.25) is 5.02 Å². The Morgan fingerprint density at radius 1 is 1.23 bits per heavy atom. The second-order valence-corrected chi connectivity index (χ2v) is 6.98. The van der Waals surface area contributed by atoms with Gasteiger partial charge in [0.05, 0.1) is 0 Å². The minimum Gasteiger partial charge on any atom is -0.339 e. The van der Waals surface area contributed by atoms with E-state index in [9.17, 15) is 4.79 Å². The molecule has 0 aliphatic carbocycles. The van der Waals surface area contributed by atoms with Crippen molar-refractivity contribution in [1.29, 1.82) is 0 Å². The summed E-state index contributed by atoms with van der Waals surface area (Å²) in [6.07, 6.45) is 6.10. The van der Waals surface area contributed by atoms with Crippen molar-refractivity contribution in [3.8, 4) is 0 Å². The lowest BCUT2D eigenvalue weighted by Crippen LogP contribution is -2.39. The van der Waals surface area contributed by atoms with Gasteiger partial charge >= 0.3 is 0 Å². The van der Waals surface area contributed by atoms with Gasteiger partial charge < -0.3 is 10.2 Å². The van der Waals surface area contributed by atoms with Crippen molar-refractivity contribution in [2.45, 2.75) is 44.6 Å². The molecule has 3 nitrogen and oxygen atoms in total. The van der Waals surface area contributed by atoms with E-state index in [1.165, 1.54) is 0 Å². The predicted octanol–water partition coefficient (Wildman–Crippen LogP) is 3.26. The van der Waals surface area contributed by atoms with Gasteiger partial charge in [0.1, 0.15) is 0 Å². The summed E-state index contributed by atoms with van der Waals surface area (Å²) in [5.74, 6) is 0.914. The fraction of sp³-hybridized carbons (Fsp3) is 0.611. The van der Waals surface area contributed by atoms with Gasteiger partial charge in [0.2, 0.25) is 5.91 Å². The Bertz CT molecular complexity index is 514. The van der Waals surface area contributed by atoms with Crippen molar-refractivity contribution < 1.29 is 4.79 Å². The van der Waals surface area contributed by atoms with Crippen LogP contribution in [-0.4, -0.2) is 36.5 Å². The second kappa shape index (κ2) is 7.47. The Morgan fingerprint density at radius 2 is 2.00 bits per heavy atom. The van der Waals surface area contributed by atoms with Crippen LogP contribution in [0.4, 0.5) is 0 Å². The van der Waals surface area contributed by atoms with Gasteiger partial charge in [-0.15, -0.1) is 0 Å². The van der Waals surface area contributed by atoms with Crippen LogP contribution in [0.15, 0.2) is 24.3 Å². The molecule has 2 heterocycles. The number of carbonyl (C=O) groups is 1. The van der Waals surface area contributed by atoms with Crippen LogP contribution in [0.1, 0.15) is 37.7 Å². The fourth-order valence-electron chi connectivity index (χ4n) is 3.74. The second-order valence-electron chi connectivity index (χ2n) is 6.58. The third-order valence-electron chi connectivity index (χ3n) is 5.03. The minimum atomic E-state index is 0.328. The molecule has 1 unspecified atom stereocenters. The highest BCUT2D eigenvalue weighted by molar-refractivity contribution is 6.31. The zero-order chi connectivity index (χ0) is 15.4. The number of nitrogens with zero attached hydrogens (tertiary/aromatic N) is 1. The maximum atomic E-state index is 12.7. The first-order valence-electron chi connectivity index (χ1n) is 8.47. The maximum absolute atomic E-state index is 12.7. The summed E-state index contributed by atoms with van der Waals surface area (Å²) >= 11 is 6.28. The summed E-state index contributed by atoms with van der Waals surface area (Å²) in [5.41, 5.74) is 1.16. The topological polar surface area (TPSA) is 32.3 Å². The number of carbonyl (C=O) groups excluding carboxylic acids is 1. The highest BCUT2D eigenvalue weighted by atomic mass is 35.5. The SMILES string of the molecule is O=C(CC1CCNCC1)N1CCCC1Cc1ccccc1Cl. The lowest BCUT2D eigenvalue weighted by Gasteiger charge is -2.28. The molecule has 2 saturated heterocycles. The third kappa shape index (κ3) is 3.82. The summed E-state index contributed by atoms with van der Waals surface area (Å²) in [6, 6.07) is 8.33. The van der Waals surface area contributed by atoms with Gasteiger partial charge in [-0.2, -0.15) is 0 Å². The average Bonchev–Trinajstić information content (AvgIpc) is 2.99. The van der Waals surface area contributed by atoms with Crippen molar-refractivity contribution in [2.24, 2.45) is 5.92 Å². The number of hydrogen-bond donors (Lipinski definition) is 1. The number of benzene rings is 1. The normalized spacial score (nSPS) is 23.0. The number of likely N-dealkylation sites (tertiary alicyclic amines) is 1. The van der Waals surface area contributed by atoms with Crippen LogP contribution < -0.4 is 5.32 Å². The molecule has 0 spiro atoms. The maximum Gasteiger partial charge on any atom is 0.223 e. The van der Waals surface area contributed by atoms with Crippen LogP contribution in [0.25, 0.3) is 0 Å². The van der Waals surface area contributed by atoms with Gasteiger partial charge in [-0.25, -0.2) is 0 Å². The molecule has 2 aliphatic rings. The Hall–Kier alpha value is -1.06. The lowest BCUT2D eigenvalue weighted by molar-refractivity contribution is -0.133. The van der Waals surface area contributed by atoms with Crippen LogP contribution in [0.5, 0.6) is 0 Å². The molecule has 1 aromatic carbocycles. The molecule has 22 heavy (non-hydrogen) atoms. The molecule has 1 amide bonds. The molecule has 1 aromatic rings. The number of halogens is 1. The van der Waals surface area contributed by atoms with E-state index in [0.717, 1.165) is 68.7 Å². The highest BCUT2D eigenvalue weighted by Gasteiger charge is 2.30. The molecule has 3 rings (SSSR count). The first-order chi connectivity index (χ1) is 10.7. The standard InChI is InChI=1S/C18H25ClN2O/c19-17-6-2-1-4-15(17)13-16-5-3-11-21(16)18(22)12-14-7-9-20-10-8-14/h1-2,4,6,14,16,20H,3,5,7-13H2. The van der Waals surface area contributed by atoms with E-state index in [1.807, 2.05) is 18.2 Å². The van der Waals surface area contributed by atoms with Gasteiger partial charge in [0, 0.05) is 24.0 Å². The van der Waals surface area contributed by atoms with Crippen molar-refractivity contribution in [3.63, 3.8) is 0 Å². The van der Waals surface area contributed by atoms with E-state index in [2.05, 4.69) is 16.3 Å². The molecule has 2 aliphatic heterocycles. The quantitative estimate of drug-likeness (QED) is 0.923. The highest BCUT2D eigenvalue weighted by Crippen LogP contribution is 2.27. The van der Waals surface area contributed by atoms with E-state index in [1.54, 1.807) is 0 Å². The molecule has 0 aromatic heterocycles. The first kappa shape index (κ1) is 15.8. The molecule has 0 radical (unpaired) electrons. The zero-order valence-corrected chi connectivity index (χ0v) is 13.8. The van der Waals surface area contributed by atoms with Gasteiger partial charge in [0.15, 0.2) is 0 Å². The molecule has 1 N–H and O–H groups in total. The van der Waals surface area contributed by atoms with Gasteiger partial charge in [-0.3, -0.25) is 4.79 Å². The predicted molar refractivity (Wildman–Crippen MR) is 90.1 cm³/mol. The Morgan fingerprint density at radius 3 is 2.77 bits per heavy atom. The van der Waals surface area contributed by atoms with Crippen LogP contribution in [-0.2, 0) is 11.2 Å². The molecule has 0 bridgehead atoms. The monoisotopic (exact) mass is 320 g/mol. The van der Waals surface area contributed by atoms with Crippen molar-refractivity contribution in [2.75, 3.05) is 19.6 Å². The lowest BCUT2D eigenvalue weighted by atomic mass is 9.93. The summed E-state index contributed by atoms with van der Waals surface area (Å²) in [7, 11) is 0. The summed E-state index contributed by atoms with van der Waals surface area (Å²) < 4.78 is 0. The summed E-state index contributed by atoms with van der Waals surface area (Å²) in [6.45, 7) is 3.03. The van der Waals surface area contributed by atoms with Crippen LogP contribution in [0, 0.1) is 5.92 Å². The number of hydrogen-bond acceptors (Lipinski definition) is 2. The number of piperidine rings is 1. The number of rotatable bonds is 4. The summed E-state index contributed by atoms with van der Waals surface area (Å²) in [5, 5.41) is 4.19. The minimum absolute atomic E-state index is 0.328. The van der Waals surface area contributed by atoms with Crippen LogP contribution >= 0.6 is 11.6 Å². The zero-order valence-electron chi connectivity index (χ0n) is 13.1. The van der Waals surface area contributed by atoms with E-state index >= 15 is 0 Å². The molecule has 4 heteroatoms. The molecule has 0 saturated carbocycles. The molecular weight excluding hydrogens is 296 g/mol. The van der Waals surface area contributed by atoms with Crippen LogP contribution in [0.3, 0.4) is 0 Å². The Labute approximate surface area is 138 Å². The van der Waals surface area contributed by atoms with Gasteiger partial charge in [-0.05, 0) is 62.7 Å². The third-order valence-corrected chi connectivity index (χ3v) is 5.40. The Kier molecular flexibility index (Phi) is 5.37. The van der Waals surface area contributed by atoms with E-state index < -0.39 is 0 Å². The first-order valence-corrected chi connectivity index (χ1v) is 8.85. The van der Waals surface area contributed by atoms with Gasteiger partial charge in [-0.1, -0.05) is 29.8 Å². The fourth-order valence-corrected chi connectivity index (χ4v) is 3.96. The molecular formula is C18H25ClN2O. The molecule has 1 atom stereocenters. The smallest absolute Gasteiger partial charge is 0.223 e. The average molecular weight is 321 g/mol. The number of nitrogens with one attached hydrogen (secondary N) is 1. The van der Waals surface area contributed by atoms with E-state index in [-0.39, 0.29) is 0 Å².